The minimum Gasteiger partial charge on any atom is -0.493 e. The van der Waals surface area contributed by atoms with Gasteiger partial charge in [-0.25, -0.2) is 9.18 Å². The average molecular weight is 457 g/mol. The number of nitrogens with zero attached hydrogens (tertiary/aromatic N) is 2. The van der Waals surface area contributed by atoms with Crippen molar-refractivity contribution in [2.45, 2.75) is 6.18 Å². The standard InChI is InChI=1S/C18H15F4N5O3S/c1-29-12-7-6-9(8-13(12)30-2)23-16-26-27-17(31-16)25-15(28)24-11-5-3-4-10(14(11)19)18(20,21)22/h3-8H,1-2H3,(H,23,26)(H2,24,25,27,28). The maximum absolute atomic E-state index is 14.0. The highest BCUT2D eigenvalue weighted by atomic mass is 32.1. The molecule has 0 aliphatic rings. The molecule has 1 aromatic heterocycles. The first-order valence-corrected chi connectivity index (χ1v) is 9.29. The smallest absolute Gasteiger partial charge is 0.419 e. The van der Waals surface area contributed by atoms with E-state index in [1.807, 2.05) is 5.32 Å². The lowest BCUT2D eigenvalue weighted by Gasteiger charge is -2.11. The Morgan fingerprint density at radius 1 is 1.00 bits per heavy atom. The Labute approximate surface area is 177 Å². The highest BCUT2D eigenvalue weighted by molar-refractivity contribution is 7.19. The van der Waals surface area contributed by atoms with Crippen LogP contribution >= 0.6 is 11.3 Å². The maximum atomic E-state index is 14.0. The number of halogens is 4. The summed E-state index contributed by atoms with van der Waals surface area (Å²) in [6, 6.07) is 6.64. The van der Waals surface area contributed by atoms with E-state index in [4.69, 9.17) is 9.47 Å². The van der Waals surface area contributed by atoms with E-state index in [1.54, 1.807) is 18.2 Å². The molecular weight excluding hydrogens is 442 g/mol. The van der Waals surface area contributed by atoms with Crippen molar-refractivity contribution in [2.75, 3.05) is 30.2 Å². The minimum atomic E-state index is -4.89. The van der Waals surface area contributed by atoms with Crippen LogP contribution in [0.25, 0.3) is 0 Å². The van der Waals surface area contributed by atoms with Gasteiger partial charge in [-0.3, -0.25) is 5.32 Å². The number of hydrogen-bond acceptors (Lipinski definition) is 7. The Kier molecular flexibility index (Phi) is 6.44. The average Bonchev–Trinajstić information content (AvgIpc) is 3.15. The van der Waals surface area contributed by atoms with E-state index in [2.05, 4.69) is 20.8 Å². The van der Waals surface area contributed by atoms with Gasteiger partial charge in [0.15, 0.2) is 17.3 Å². The molecule has 0 spiro atoms. The zero-order valence-corrected chi connectivity index (χ0v) is 16.8. The van der Waals surface area contributed by atoms with Gasteiger partial charge < -0.3 is 20.1 Å². The summed E-state index contributed by atoms with van der Waals surface area (Å²) in [6.45, 7) is 0. The second-order valence-corrected chi connectivity index (χ2v) is 6.83. The first kappa shape index (κ1) is 22.1. The van der Waals surface area contributed by atoms with Crippen molar-refractivity contribution in [3.8, 4) is 11.5 Å². The van der Waals surface area contributed by atoms with Gasteiger partial charge in [-0.05, 0) is 24.3 Å². The fraction of sp³-hybridized carbons (Fsp3) is 0.167. The SMILES string of the molecule is COc1ccc(Nc2nnc(NC(=O)Nc3cccc(C(F)(F)F)c3F)s2)cc1OC. The van der Waals surface area contributed by atoms with Crippen molar-refractivity contribution in [3.05, 3.63) is 47.8 Å². The van der Waals surface area contributed by atoms with Gasteiger partial charge in [0.25, 0.3) is 0 Å². The van der Waals surface area contributed by atoms with E-state index < -0.39 is 29.3 Å². The van der Waals surface area contributed by atoms with Gasteiger partial charge in [0.2, 0.25) is 10.3 Å². The van der Waals surface area contributed by atoms with Gasteiger partial charge in [-0.1, -0.05) is 17.4 Å². The Morgan fingerprint density at radius 2 is 1.71 bits per heavy atom. The van der Waals surface area contributed by atoms with E-state index in [0.29, 0.717) is 28.4 Å². The number of alkyl halides is 3. The van der Waals surface area contributed by atoms with E-state index in [0.717, 1.165) is 23.5 Å². The van der Waals surface area contributed by atoms with E-state index >= 15 is 0 Å². The van der Waals surface area contributed by atoms with Gasteiger partial charge in [0.1, 0.15) is 0 Å². The fourth-order valence-corrected chi connectivity index (χ4v) is 3.12. The lowest BCUT2D eigenvalue weighted by molar-refractivity contribution is -0.139. The summed E-state index contributed by atoms with van der Waals surface area (Å²) in [5, 5.41) is 15.2. The molecule has 2 aromatic carbocycles. The van der Waals surface area contributed by atoms with Crippen LogP contribution in [-0.4, -0.2) is 30.4 Å². The molecule has 0 saturated carbocycles. The van der Waals surface area contributed by atoms with Crippen molar-refractivity contribution in [3.63, 3.8) is 0 Å². The van der Waals surface area contributed by atoms with Gasteiger partial charge in [0.05, 0.1) is 25.5 Å². The summed E-state index contributed by atoms with van der Waals surface area (Å²) in [7, 11) is 2.99. The van der Waals surface area contributed by atoms with Crippen LogP contribution in [0, 0.1) is 5.82 Å². The third kappa shape index (κ3) is 5.31. The van der Waals surface area contributed by atoms with Crippen LogP contribution in [0.1, 0.15) is 5.56 Å². The molecule has 13 heteroatoms. The molecular formula is C18H15F4N5O3S. The van der Waals surface area contributed by atoms with Crippen molar-refractivity contribution in [1.29, 1.82) is 0 Å². The lowest BCUT2D eigenvalue weighted by atomic mass is 10.2. The molecule has 8 nitrogen and oxygen atoms in total. The largest absolute Gasteiger partial charge is 0.493 e. The third-order valence-electron chi connectivity index (χ3n) is 3.83. The van der Waals surface area contributed by atoms with Gasteiger partial charge in [-0.15, -0.1) is 10.2 Å². The second-order valence-electron chi connectivity index (χ2n) is 5.85. The Hall–Kier alpha value is -3.61. The molecule has 0 bridgehead atoms. The molecule has 3 aromatic rings. The zero-order chi connectivity index (χ0) is 22.6. The Morgan fingerprint density at radius 3 is 2.39 bits per heavy atom. The van der Waals surface area contributed by atoms with Crippen LogP contribution in [0.2, 0.25) is 0 Å². The number of nitrogens with one attached hydrogen (secondary N) is 3. The Bertz CT molecular complexity index is 1090. The topological polar surface area (TPSA) is 97.4 Å². The number of anilines is 4. The quantitative estimate of drug-likeness (QED) is 0.446. The lowest BCUT2D eigenvalue weighted by Crippen LogP contribution is -2.21. The molecule has 0 fully saturated rings. The molecule has 0 saturated heterocycles. The molecule has 0 radical (unpaired) electrons. The number of urea groups is 1. The van der Waals surface area contributed by atoms with Gasteiger partial charge >= 0.3 is 12.2 Å². The van der Waals surface area contributed by atoms with E-state index in [9.17, 15) is 22.4 Å². The number of rotatable bonds is 6. The van der Waals surface area contributed by atoms with Gasteiger partial charge in [0, 0.05) is 11.8 Å². The maximum Gasteiger partial charge on any atom is 0.419 e. The van der Waals surface area contributed by atoms with E-state index in [-0.39, 0.29) is 5.13 Å². The molecule has 3 rings (SSSR count). The molecule has 0 aliphatic heterocycles. The molecule has 31 heavy (non-hydrogen) atoms. The van der Waals surface area contributed by atoms with Crippen molar-refractivity contribution < 1.29 is 31.8 Å². The minimum absolute atomic E-state index is 0.0351. The number of aromatic nitrogens is 2. The van der Waals surface area contributed by atoms with Crippen molar-refractivity contribution in [2.24, 2.45) is 0 Å². The highest BCUT2D eigenvalue weighted by Gasteiger charge is 2.35. The summed E-state index contributed by atoms with van der Waals surface area (Å²) in [4.78, 5) is 12.0. The predicted molar refractivity (Wildman–Crippen MR) is 107 cm³/mol. The number of ether oxygens (including phenoxy) is 2. The first-order valence-electron chi connectivity index (χ1n) is 8.47. The van der Waals surface area contributed by atoms with Crippen LogP contribution < -0.4 is 25.4 Å². The third-order valence-corrected chi connectivity index (χ3v) is 4.59. The fourth-order valence-electron chi connectivity index (χ4n) is 2.46. The molecule has 164 valence electrons. The zero-order valence-electron chi connectivity index (χ0n) is 16.0. The second kappa shape index (κ2) is 9.04. The van der Waals surface area contributed by atoms with Crippen LogP contribution in [0.4, 0.5) is 44.0 Å². The van der Waals surface area contributed by atoms with Crippen molar-refractivity contribution >= 4 is 39.0 Å². The van der Waals surface area contributed by atoms with Crippen molar-refractivity contribution in [1.82, 2.24) is 10.2 Å². The normalized spacial score (nSPS) is 11.0. The first-order chi connectivity index (χ1) is 14.7. The number of benzene rings is 2. The van der Waals surface area contributed by atoms with Crippen LogP contribution in [-0.2, 0) is 6.18 Å². The summed E-state index contributed by atoms with van der Waals surface area (Å²) >= 11 is 0.951. The van der Waals surface area contributed by atoms with Crippen LogP contribution in [0.3, 0.4) is 0 Å². The number of methoxy groups -OCH3 is 2. The number of carbonyl (C=O) groups is 1. The van der Waals surface area contributed by atoms with E-state index in [1.165, 1.54) is 14.2 Å². The summed E-state index contributed by atoms with van der Waals surface area (Å²) in [5.41, 5.74) is -1.50. The number of carbonyl (C=O) groups excluding carboxylic acids is 1. The predicted octanol–water partition coefficient (Wildman–Crippen LogP) is 5.10. The molecule has 0 aliphatic carbocycles. The Balaban J connectivity index is 1.66. The molecule has 3 N–H and O–H groups in total. The highest BCUT2D eigenvalue weighted by Crippen LogP contribution is 2.34. The summed E-state index contributed by atoms with van der Waals surface area (Å²) in [6.07, 6.45) is -4.89. The summed E-state index contributed by atoms with van der Waals surface area (Å²) in [5.74, 6) is -0.567. The van der Waals surface area contributed by atoms with Crippen LogP contribution in [0.15, 0.2) is 36.4 Å². The number of amides is 2. The molecule has 0 atom stereocenters. The molecule has 1 heterocycles. The van der Waals surface area contributed by atoms with Gasteiger partial charge in [-0.2, -0.15) is 13.2 Å². The number of hydrogen-bond donors (Lipinski definition) is 3. The molecule has 0 unspecified atom stereocenters. The molecule has 2 amide bonds. The summed E-state index contributed by atoms with van der Waals surface area (Å²) < 4.78 is 62.7. The monoisotopic (exact) mass is 457 g/mol. The van der Waals surface area contributed by atoms with Crippen LogP contribution in [0.5, 0.6) is 11.5 Å².